The molecule has 0 saturated carbocycles. The van der Waals surface area contributed by atoms with Crippen LogP contribution in [-0.4, -0.2) is 39.0 Å². The highest BCUT2D eigenvalue weighted by Crippen LogP contribution is 2.18. The molecule has 0 spiro atoms. The lowest BCUT2D eigenvalue weighted by atomic mass is 10.0. The molecule has 0 aliphatic heterocycles. The lowest BCUT2D eigenvalue weighted by Gasteiger charge is -2.20. The Labute approximate surface area is 183 Å². The molecule has 31 heavy (non-hydrogen) atoms. The molecule has 0 aliphatic carbocycles. The normalized spacial score (nSPS) is 12.8. The minimum atomic E-state index is -3.84. The standard InChI is InChI=1S/C23H29N3O4S/c1-16(2)14-22(26-31(28,29)19-10-8-18(30-3)9-11-19)23(27)24-13-12-17-15-25-21-7-5-4-6-20(17)21/h4-11,15-16,22,25-26H,12-14H2,1-3H3,(H,24,27). The van der Waals surface area contributed by atoms with Gasteiger partial charge in [-0.3, -0.25) is 4.79 Å². The molecule has 1 unspecified atom stereocenters. The van der Waals surface area contributed by atoms with Crippen LogP contribution in [0.2, 0.25) is 0 Å². The smallest absolute Gasteiger partial charge is 0.241 e. The number of benzene rings is 2. The number of methoxy groups -OCH3 is 1. The van der Waals surface area contributed by atoms with Crippen molar-refractivity contribution in [1.82, 2.24) is 15.0 Å². The van der Waals surface area contributed by atoms with Gasteiger partial charge in [0.05, 0.1) is 12.0 Å². The third kappa shape index (κ3) is 5.86. The van der Waals surface area contributed by atoms with Crippen molar-refractivity contribution < 1.29 is 17.9 Å². The van der Waals surface area contributed by atoms with Gasteiger partial charge in [-0.2, -0.15) is 4.72 Å². The number of sulfonamides is 1. The van der Waals surface area contributed by atoms with Crippen molar-refractivity contribution in [1.29, 1.82) is 0 Å². The third-order valence-corrected chi connectivity index (χ3v) is 6.55. The van der Waals surface area contributed by atoms with Gasteiger partial charge in [0.2, 0.25) is 15.9 Å². The molecule has 8 heteroatoms. The summed E-state index contributed by atoms with van der Waals surface area (Å²) in [6.07, 6.45) is 2.98. The fourth-order valence-electron chi connectivity index (χ4n) is 3.47. The van der Waals surface area contributed by atoms with Gasteiger partial charge in [-0.25, -0.2) is 8.42 Å². The molecule has 3 aromatic rings. The number of carbonyl (C=O) groups is 1. The maximum atomic E-state index is 12.8. The molecule has 3 N–H and O–H groups in total. The molecule has 0 radical (unpaired) electrons. The van der Waals surface area contributed by atoms with Gasteiger partial charge in [0, 0.05) is 23.6 Å². The Kier molecular flexibility index (Phi) is 7.35. The molecule has 7 nitrogen and oxygen atoms in total. The largest absolute Gasteiger partial charge is 0.497 e. The molecule has 1 aromatic heterocycles. The average Bonchev–Trinajstić information content (AvgIpc) is 3.16. The molecule has 2 aromatic carbocycles. The molecule has 1 heterocycles. The van der Waals surface area contributed by atoms with Crippen molar-refractivity contribution in [2.45, 2.75) is 37.6 Å². The van der Waals surface area contributed by atoms with Crippen molar-refractivity contribution in [2.24, 2.45) is 5.92 Å². The van der Waals surface area contributed by atoms with E-state index in [-0.39, 0.29) is 16.7 Å². The van der Waals surface area contributed by atoms with Crippen LogP contribution in [-0.2, 0) is 21.2 Å². The fourth-order valence-corrected chi connectivity index (χ4v) is 4.68. The van der Waals surface area contributed by atoms with E-state index in [4.69, 9.17) is 4.74 Å². The fraction of sp³-hybridized carbons (Fsp3) is 0.348. The number of hydrogen-bond acceptors (Lipinski definition) is 4. The van der Waals surface area contributed by atoms with Crippen molar-refractivity contribution in [3.05, 3.63) is 60.3 Å². The maximum Gasteiger partial charge on any atom is 0.241 e. The van der Waals surface area contributed by atoms with E-state index in [1.165, 1.54) is 19.2 Å². The predicted octanol–water partition coefficient (Wildman–Crippen LogP) is 3.23. The van der Waals surface area contributed by atoms with Crippen LogP contribution in [0.15, 0.2) is 59.6 Å². The van der Waals surface area contributed by atoms with Gasteiger partial charge in [0.1, 0.15) is 11.8 Å². The Bertz CT molecular complexity index is 1120. The Morgan fingerprint density at radius 3 is 2.48 bits per heavy atom. The topological polar surface area (TPSA) is 100 Å². The number of aromatic nitrogens is 1. The molecule has 0 bridgehead atoms. The van der Waals surface area contributed by atoms with Crippen LogP contribution in [0.3, 0.4) is 0 Å². The number of aromatic amines is 1. The highest BCUT2D eigenvalue weighted by atomic mass is 32.2. The zero-order chi connectivity index (χ0) is 22.4. The van der Waals surface area contributed by atoms with Crippen molar-refractivity contribution in [3.8, 4) is 5.75 Å². The third-order valence-electron chi connectivity index (χ3n) is 5.06. The van der Waals surface area contributed by atoms with Crippen LogP contribution in [0.4, 0.5) is 0 Å². The summed E-state index contributed by atoms with van der Waals surface area (Å²) in [5.74, 6) is 0.376. The summed E-state index contributed by atoms with van der Waals surface area (Å²) in [5.41, 5.74) is 2.16. The van der Waals surface area contributed by atoms with Crippen LogP contribution in [0, 0.1) is 5.92 Å². The Balaban J connectivity index is 1.65. The number of rotatable bonds is 10. The summed E-state index contributed by atoms with van der Waals surface area (Å²) >= 11 is 0. The summed E-state index contributed by atoms with van der Waals surface area (Å²) in [6.45, 7) is 4.32. The van der Waals surface area contributed by atoms with Gasteiger partial charge >= 0.3 is 0 Å². The number of fused-ring (bicyclic) bond motifs is 1. The minimum Gasteiger partial charge on any atom is -0.497 e. The molecule has 1 atom stereocenters. The summed E-state index contributed by atoms with van der Waals surface area (Å²) < 4.78 is 33.2. The van der Waals surface area contributed by atoms with Gasteiger partial charge in [0.25, 0.3) is 0 Å². The summed E-state index contributed by atoms with van der Waals surface area (Å²) in [5, 5.41) is 4.00. The lowest BCUT2D eigenvalue weighted by molar-refractivity contribution is -0.123. The van der Waals surface area contributed by atoms with Crippen molar-refractivity contribution in [3.63, 3.8) is 0 Å². The summed E-state index contributed by atoms with van der Waals surface area (Å²) in [7, 11) is -2.33. The zero-order valence-electron chi connectivity index (χ0n) is 18.0. The van der Waals surface area contributed by atoms with Gasteiger partial charge in [-0.15, -0.1) is 0 Å². The van der Waals surface area contributed by atoms with E-state index >= 15 is 0 Å². The van der Waals surface area contributed by atoms with Crippen LogP contribution >= 0.6 is 0 Å². The first kappa shape index (κ1) is 22.8. The van der Waals surface area contributed by atoms with E-state index in [1.54, 1.807) is 12.1 Å². The van der Waals surface area contributed by atoms with Gasteiger partial charge < -0.3 is 15.0 Å². The van der Waals surface area contributed by atoms with Crippen molar-refractivity contribution >= 4 is 26.8 Å². The first-order valence-electron chi connectivity index (χ1n) is 10.3. The van der Waals surface area contributed by atoms with E-state index in [1.807, 2.05) is 44.3 Å². The second kappa shape index (κ2) is 9.98. The number of amides is 1. The molecular formula is C23H29N3O4S. The van der Waals surface area contributed by atoms with Crippen LogP contribution < -0.4 is 14.8 Å². The van der Waals surface area contributed by atoms with E-state index in [2.05, 4.69) is 15.0 Å². The molecule has 3 rings (SSSR count). The van der Waals surface area contributed by atoms with Gasteiger partial charge in [0.15, 0.2) is 0 Å². The molecule has 166 valence electrons. The Hall–Kier alpha value is -2.84. The van der Waals surface area contributed by atoms with Crippen LogP contribution in [0.1, 0.15) is 25.8 Å². The van der Waals surface area contributed by atoms with Gasteiger partial charge in [-0.05, 0) is 54.7 Å². The maximum absolute atomic E-state index is 12.8. The number of H-pyrrole nitrogens is 1. The summed E-state index contributed by atoms with van der Waals surface area (Å²) in [4.78, 5) is 16.1. The number of para-hydroxylation sites is 1. The highest BCUT2D eigenvalue weighted by molar-refractivity contribution is 7.89. The SMILES string of the molecule is COc1ccc(S(=O)(=O)NC(CC(C)C)C(=O)NCCc2c[nH]c3ccccc23)cc1. The Morgan fingerprint density at radius 2 is 1.81 bits per heavy atom. The molecule has 0 fully saturated rings. The lowest BCUT2D eigenvalue weighted by Crippen LogP contribution is -2.47. The average molecular weight is 444 g/mol. The predicted molar refractivity (Wildman–Crippen MR) is 122 cm³/mol. The molecule has 1 amide bonds. The number of carbonyl (C=O) groups excluding carboxylic acids is 1. The monoisotopic (exact) mass is 443 g/mol. The van der Waals surface area contributed by atoms with Crippen LogP contribution in [0.25, 0.3) is 10.9 Å². The van der Waals surface area contributed by atoms with E-state index in [9.17, 15) is 13.2 Å². The first-order chi connectivity index (χ1) is 14.8. The van der Waals surface area contributed by atoms with E-state index in [0.717, 1.165) is 16.5 Å². The second-order valence-corrected chi connectivity index (χ2v) is 9.59. The quantitative estimate of drug-likeness (QED) is 0.448. The van der Waals surface area contributed by atoms with E-state index < -0.39 is 16.1 Å². The number of ether oxygens (including phenoxy) is 1. The number of nitrogens with one attached hydrogen (secondary N) is 3. The Morgan fingerprint density at radius 1 is 1.10 bits per heavy atom. The zero-order valence-corrected chi connectivity index (χ0v) is 18.8. The van der Waals surface area contributed by atoms with Crippen LogP contribution in [0.5, 0.6) is 5.75 Å². The second-order valence-electron chi connectivity index (χ2n) is 7.88. The minimum absolute atomic E-state index is 0.0913. The molecule has 0 aliphatic rings. The molecule has 0 saturated heterocycles. The molecular weight excluding hydrogens is 414 g/mol. The number of hydrogen-bond donors (Lipinski definition) is 3. The van der Waals surface area contributed by atoms with E-state index in [0.29, 0.717) is 25.1 Å². The summed E-state index contributed by atoms with van der Waals surface area (Å²) in [6, 6.07) is 13.2. The van der Waals surface area contributed by atoms with Crippen molar-refractivity contribution in [2.75, 3.05) is 13.7 Å². The first-order valence-corrected chi connectivity index (χ1v) is 11.8. The highest BCUT2D eigenvalue weighted by Gasteiger charge is 2.26. The van der Waals surface area contributed by atoms with Gasteiger partial charge in [-0.1, -0.05) is 32.0 Å².